The molecule has 1 aromatic heterocycles. The first-order valence-electron chi connectivity index (χ1n) is 4.42. The summed E-state index contributed by atoms with van der Waals surface area (Å²) >= 11 is 1.87. The van der Waals surface area contributed by atoms with Crippen LogP contribution in [0.4, 0.5) is 0 Å². The fraction of sp³-hybridized carbons (Fsp3) is 0.667. The SMILES string of the molecule is COCCc1[nH]cc[n+]1CCSC. The van der Waals surface area contributed by atoms with Gasteiger partial charge in [-0.1, -0.05) is 0 Å². The number of hydrogen-bond donors (Lipinski definition) is 1. The first kappa shape index (κ1) is 10.6. The number of aromatic nitrogens is 2. The summed E-state index contributed by atoms with van der Waals surface area (Å²) in [6.07, 6.45) is 7.15. The van der Waals surface area contributed by atoms with Crippen LogP contribution in [0.1, 0.15) is 5.82 Å². The van der Waals surface area contributed by atoms with Gasteiger partial charge in [0.15, 0.2) is 0 Å². The quantitative estimate of drug-likeness (QED) is 0.691. The van der Waals surface area contributed by atoms with Gasteiger partial charge in [0.2, 0.25) is 0 Å². The summed E-state index contributed by atoms with van der Waals surface area (Å²) in [5, 5.41) is 0. The maximum atomic E-state index is 5.04. The Bertz CT molecular complexity index is 215. The Hall–Kier alpha value is -0.480. The second kappa shape index (κ2) is 6.05. The number of methoxy groups -OCH3 is 1. The number of rotatable bonds is 6. The summed E-state index contributed by atoms with van der Waals surface area (Å²) in [6, 6.07) is 0. The van der Waals surface area contributed by atoms with Crippen molar-refractivity contribution in [3.63, 3.8) is 0 Å². The van der Waals surface area contributed by atoms with Crippen molar-refractivity contribution in [2.75, 3.05) is 25.7 Å². The van der Waals surface area contributed by atoms with E-state index in [1.54, 1.807) is 7.11 Å². The molecular weight excluding hydrogens is 184 g/mol. The van der Waals surface area contributed by atoms with Crippen LogP contribution >= 0.6 is 11.8 Å². The van der Waals surface area contributed by atoms with Crippen molar-refractivity contribution in [1.82, 2.24) is 4.98 Å². The average molecular weight is 201 g/mol. The monoisotopic (exact) mass is 201 g/mol. The lowest BCUT2D eigenvalue weighted by molar-refractivity contribution is -0.698. The summed E-state index contributed by atoms with van der Waals surface area (Å²) < 4.78 is 7.28. The second-order valence-corrected chi connectivity index (χ2v) is 3.82. The van der Waals surface area contributed by atoms with Crippen molar-refractivity contribution in [2.24, 2.45) is 0 Å². The fourth-order valence-electron chi connectivity index (χ4n) is 1.21. The van der Waals surface area contributed by atoms with E-state index in [0.717, 1.165) is 25.3 Å². The number of hydrogen-bond acceptors (Lipinski definition) is 2. The van der Waals surface area contributed by atoms with Crippen molar-refractivity contribution in [2.45, 2.75) is 13.0 Å². The number of imidazole rings is 1. The zero-order valence-corrected chi connectivity index (χ0v) is 9.06. The first-order valence-corrected chi connectivity index (χ1v) is 5.81. The van der Waals surface area contributed by atoms with Gasteiger partial charge in [0.05, 0.1) is 19.6 Å². The Morgan fingerprint density at radius 3 is 3.15 bits per heavy atom. The van der Waals surface area contributed by atoms with Crippen molar-refractivity contribution in [1.29, 1.82) is 0 Å². The molecule has 4 heteroatoms. The van der Waals surface area contributed by atoms with Gasteiger partial charge in [-0.15, -0.1) is 0 Å². The maximum absolute atomic E-state index is 5.04. The zero-order valence-electron chi connectivity index (χ0n) is 8.25. The smallest absolute Gasteiger partial charge is 0.256 e. The Morgan fingerprint density at radius 2 is 2.46 bits per heavy atom. The van der Waals surface area contributed by atoms with Gasteiger partial charge in [0.25, 0.3) is 5.82 Å². The molecular formula is C9H17N2OS+. The second-order valence-electron chi connectivity index (χ2n) is 2.84. The topological polar surface area (TPSA) is 28.9 Å². The van der Waals surface area contributed by atoms with Crippen LogP contribution in [0.2, 0.25) is 0 Å². The Morgan fingerprint density at radius 1 is 1.62 bits per heavy atom. The third-order valence-corrected chi connectivity index (χ3v) is 2.52. The molecule has 0 radical (unpaired) electrons. The molecule has 0 spiro atoms. The van der Waals surface area contributed by atoms with Crippen LogP contribution in [-0.4, -0.2) is 30.7 Å². The molecule has 0 bridgehead atoms. The van der Waals surface area contributed by atoms with Gasteiger partial charge in [-0.05, 0) is 6.26 Å². The molecule has 1 rings (SSSR count). The van der Waals surface area contributed by atoms with Gasteiger partial charge < -0.3 is 4.74 Å². The van der Waals surface area contributed by atoms with Gasteiger partial charge in [-0.3, -0.25) is 0 Å². The van der Waals surface area contributed by atoms with Gasteiger partial charge in [-0.25, -0.2) is 9.55 Å². The van der Waals surface area contributed by atoms with E-state index in [0.29, 0.717) is 0 Å². The lowest BCUT2D eigenvalue weighted by Gasteiger charge is -1.98. The lowest BCUT2D eigenvalue weighted by Crippen LogP contribution is -2.37. The molecule has 0 aliphatic carbocycles. The minimum absolute atomic E-state index is 0.778. The average Bonchev–Trinajstić information content (AvgIpc) is 2.59. The van der Waals surface area contributed by atoms with Crippen LogP contribution in [0, 0.1) is 0 Å². The molecule has 0 saturated carbocycles. The number of nitrogens with zero attached hydrogens (tertiary/aromatic N) is 1. The highest BCUT2D eigenvalue weighted by Crippen LogP contribution is 1.93. The van der Waals surface area contributed by atoms with Gasteiger partial charge >= 0.3 is 0 Å². The molecule has 0 saturated heterocycles. The van der Waals surface area contributed by atoms with E-state index in [1.807, 2.05) is 18.0 Å². The van der Waals surface area contributed by atoms with Crippen LogP contribution in [0.5, 0.6) is 0 Å². The lowest BCUT2D eigenvalue weighted by atomic mass is 10.4. The number of thioether (sulfide) groups is 1. The molecule has 1 heterocycles. The molecule has 0 unspecified atom stereocenters. The largest absolute Gasteiger partial charge is 0.384 e. The van der Waals surface area contributed by atoms with E-state index < -0.39 is 0 Å². The van der Waals surface area contributed by atoms with Gasteiger partial charge in [-0.2, -0.15) is 11.8 Å². The number of H-pyrrole nitrogens is 1. The minimum atomic E-state index is 0.778. The highest BCUT2D eigenvalue weighted by Gasteiger charge is 2.08. The third kappa shape index (κ3) is 3.40. The molecule has 74 valence electrons. The van der Waals surface area contributed by atoms with Crippen LogP contribution in [0.3, 0.4) is 0 Å². The number of aryl methyl sites for hydroxylation is 1. The number of ether oxygens (including phenoxy) is 1. The van der Waals surface area contributed by atoms with E-state index in [1.165, 1.54) is 5.82 Å². The van der Waals surface area contributed by atoms with Crippen molar-refractivity contribution in [3.8, 4) is 0 Å². The fourth-order valence-corrected chi connectivity index (χ4v) is 1.59. The van der Waals surface area contributed by atoms with Crippen LogP contribution < -0.4 is 4.57 Å². The molecule has 13 heavy (non-hydrogen) atoms. The molecule has 0 fully saturated rings. The van der Waals surface area contributed by atoms with Crippen LogP contribution in [0.25, 0.3) is 0 Å². The first-order chi connectivity index (χ1) is 6.38. The standard InChI is InChI=1S/C9H16N2OS/c1-12-7-3-9-10-4-5-11(9)6-8-13-2/h4-5H,3,6-8H2,1-2H3/p+1. The number of aromatic amines is 1. The molecule has 0 aromatic carbocycles. The van der Waals surface area contributed by atoms with Crippen molar-refractivity contribution < 1.29 is 9.30 Å². The molecule has 1 aromatic rings. The molecule has 0 atom stereocenters. The summed E-state index contributed by atoms with van der Waals surface area (Å²) in [6.45, 7) is 1.85. The normalized spacial score (nSPS) is 10.6. The van der Waals surface area contributed by atoms with E-state index >= 15 is 0 Å². The zero-order chi connectivity index (χ0) is 9.52. The van der Waals surface area contributed by atoms with Crippen molar-refractivity contribution >= 4 is 11.8 Å². The Balaban J connectivity index is 2.45. The highest BCUT2D eigenvalue weighted by molar-refractivity contribution is 7.98. The van der Waals surface area contributed by atoms with E-state index in [4.69, 9.17) is 4.74 Å². The van der Waals surface area contributed by atoms with Crippen LogP contribution in [-0.2, 0) is 17.7 Å². The molecule has 0 aliphatic heterocycles. The third-order valence-electron chi connectivity index (χ3n) is 1.93. The van der Waals surface area contributed by atoms with E-state index in [-0.39, 0.29) is 0 Å². The molecule has 0 amide bonds. The van der Waals surface area contributed by atoms with Crippen LogP contribution in [0.15, 0.2) is 12.4 Å². The van der Waals surface area contributed by atoms with Gasteiger partial charge in [0.1, 0.15) is 12.4 Å². The summed E-state index contributed by atoms with van der Waals surface area (Å²) in [7, 11) is 1.73. The Labute approximate surface area is 83.5 Å². The summed E-state index contributed by atoms with van der Waals surface area (Å²) in [4.78, 5) is 3.22. The summed E-state index contributed by atoms with van der Waals surface area (Å²) in [5.41, 5.74) is 0. The van der Waals surface area contributed by atoms with Gasteiger partial charge in [0, 0.05) is 12.9 Å². The van der Waals surface area contributed by atoms with Crippen molar-refractivity contribution in [3.05, 3.63) is 18.2 Å². The minimum Gasteiger partial charge on any atom is -0.384 e. The summed E-state index contributed by atoms with van der Waals surface area (Å²) in [5.74, 6) is 2.40. The molecule has 0 aliphatic rings. The predicted octanol–water partition coefficient (Wildman–Crippen LogP) is 0.854. The molecule has 3 nitrogen and oxygen atoms in total. The molecule has 1 N–H and O–H groups in total. The maximum Gasteiger partial charge on any atom is 0.256 e. The van der Waals surface area contributed by atoms with E-state index in [9.17, 15) is 0 Å². The Kier molecular flexibility index (Phi) is 4.93. The van der Waals surface area contributed by atoms with E-state index in [2.05, 4.69) is 22.0 Å². The number of nitrogens with one attached hydrogen (secondary N) is 1. The highest BCUT2D eigenvalue weighted by atomic mass is 32.2. The predicted molar refractivity (Wildman–Crippen MR) is 54.9 cm³/mol.